The van der Waals surface area contributed by atoms with E-state index in [9.17, 15) is 9.18 Å². The topological polar surface area (TPSA) is 69.8 Å². The molecule has 2 heterocycles. The van der Waals surface area contributed by atoms with Crippen molar-refractivity contribution < 1.29 is 14.3 Å². The number of nitrogens with zero attached hydrogens (tertiary/aromatic N) is 2. The molecule has 102 valence electrons. The minimum absolute atomic E-state index is 0.0521. The Morgan fingerprint density at radius 1 is 1.37 bits per heavy atom. The molecular formula is C13H16FN3O2. The minimum atomic E-state index is -0.914. The molecule has 0 bridgehead atoms. The van der Waals surface area contributed by atoms with Crippen LogP contribution >= 0.6 is 0 Å². The van der Waals surface area contributed by atoms with E-state index in [-0.39, 0.29) is 11.7 Å². The van der Waals surface area contributed by atoms with Gasteiger partial charge in [0, 0.05) is 26.2 Å². The van der Waals surface area contributed by atoms with E-state index in [0.717, 1.165) is 24.1 Å². The summed E-state index contributed by atoms with van der Waals surface area (Å²) >= 11 is 0. The van der Waals surface area contributed by atoms with Gasteiger partial charge in [-0.05, 0) is 29.7 Å². The van der Waals surface area contributed by atoms with Crippen molar-refractivity contribution in [3.63, 3.8) is 0 Å². The summed E-state index contributed by atoms with van der Waals surface area (Å²) in [6.45, 7) is 2.48. The molecule has 0 unspecified atom stereocenters. The second-order valence-corrected chi connectivity index (χ2v) is 5.10. The van der Waals surface area contributed by atoms with Crippen molar-refractivity contribution >= 4 is 11.8 Å². The molecule has 1 amide bonds. The molecule has 2 aliphatic rings. The maximum Gasteiger partial charge on any atom is 0.407 e. The van der Waals surface area contributed by atoms with Crippen molar-refractivity contribution in [1.29, 1.82) is 0 Å². The fraction of sp³-hybridized carbons (Fsp3) is 0.462. The van der Waals surface area contributed by atoms with Crippen LogP contribution in [-0.2, 0) is 6.42 Å². The van der Waals surface area contributed by atoms with Crippen molar-refractivity contribution in [3.8, 4) is 0 Å². The highest BCUT2D eigenvalue weighted by Crippen LogP contribution is 2.34. The van der Waals surface area contributed by atoms with Crippen LogP contribution in [0.5, 0.6) is 0 Å². The van der Waals surface area contributed by atoms with Crippen LogP contribution in [0, 0.1) is 5.82 Å². The number of nitrogens with two attached hydrogens (primary N) is 1. The van der Waals surface area contributed by atoms with Crippen LogP contribution < -0.4 is 5.73 Å². The van der Waals surface area contributed by atoms with E-state index in [1.165, 1.54) is 11.0 Å². The van der Waals surface area contributed by atoms with E-state index in [1.54, 1.807) is 6.07 Å². The second-order valence-electron chi connectivity index (χ2n) is 5.10. The summed E-state index contributed by atoms with van der Waals surface area (Å²) in [4.78, 5) is 14.7. The van der Waals surface area contributed by atoms with E-state index in [2.05, 4.69) is 4.90 Å². The van der Waals surface area contributed by atoms with Gasteiger partial charge in [-0.15, -0.1) is 0 Å². The molecule has 0 spiro atoms. The van der Waals surface area contributed by atoms with Crippen LogP contribution in [0.3, 0.4) is 0 Å². The molecule has 0 radical (unpaired) electrons. The molecule has 2 aliphatic heterocycles. The predicted molar refractivity (Wildman–Crippen MR) is 68.4 cm³/mol. The van der Waals surface area contributed by atoms with Crippen LogP contribution in [0.15, 0.2) is 12.1 Å². The summed E-state index contributed by atoms with van der Waals surface area (Å²) in [7, 11) is 0. The summed E-state index contributed by atoms with van der Waals surface area (Å²) in [6.07, 6.45) is -0.0775. The number of hydrogen-bond donors (Lipinski definition) is 2. The maximum atomic E-state index is 13.6. The molecular weight excluding hydrogens is 249 g/mol. The third-order valence-corrected chi connectivity index (χ3v) is 4.05. The first-order valence-corrected chi connectivity index (χ1v) is 6.36. The van der Waals surface area contributed by atoms with Gasteiger partial charge in [0.2, 0.25) is 0 Å². The number of fused-ring (bicyclic) bond motifs is 3. The molecule has 19 heavy (non-hydrogen) atoms. The van der Waals surface area contributed by atoms with E-state index < -0.39 is 11.9 Å². The van der Waals surface area contributed by atoms with E-state index in [0.29, 0.717) is 19.6 Å². The lowest BCUT2D eigenvalue weighted by atomic mass is 9.90. The first-order chi connectivity index (χ1) is 9.06. The van der Waals surface area contributed by atoms with Crippen molar-refractivity contribution in [2.75, 3.05) is 31.9 Å². The van der Waals surface area contributed by atoms with Gasteiger partial charge < -0.3 is 15.7 Å². The van der Waals surface area contributed by atoms with Gasteiger partial charge in [0.15, 0.2) is 0 Å². The standard InChI is InChI=1S/C13H16FN3O2/c14-10-6-9-8(5-11(10)15)1-2-16-3-4-17(13(18)19)7-12(9)16/h5-6,12H,1-4,7,15H2,(H,18,19)/t12-/m0/s1. The third kappa shape index (κ3) is 2.02. The Balaban J connectivity index is 1.96. The molecule has 1 fully saturated rings. The number of piperazine rings is 1. The minimum Gasteiger partial charge on any atom is -0.465 e. The Morgan fingerprint density at radius 2 is 2.16 bits per heavy atom. The zero-order valence-electron chi connectivity index (χ0n) is 10.5. The zero-order valence-corrected chi connectivity index (χ0v) is 10.5. The Labute approximate surface area is 110 Å². The van der Waals surface area contributed by atoms with E-state index in [4.69, 9.17) is 10.8 Å². The van der Waals surface area contributed by atoms with E-state index in [1.807, 2.05) is 0 Å². The second kappa shape index (κ2) is 4.38. The number of nitrogen functional groups attached to an aromatic ring is 1. The molecule has 5 nitrogen and oxygen atoms in total. The van der Waals surface area contributed by atoms with Crippen LogP contribution in [0.2, 0.25) is 0 Å². The van der Waals surface area contributed by atoms with Gasteiger partial charge in [-0.25, -0.2) is 9.18 Å². The average molecular weight is 265 g/mol. The van der Waals surface area contributed by atoms with Crippen LogP contribution in [-0.4, -0.2) is 47.2 Å². The lowest BCUT2D eigenvalue weighted by Crippen LogP contribution is -2.52. The SMILES string of the molecule is Nc1cc2c(cc1F)[C@@H]1CN(C(=O)O)CCN1CC2. The van der Waals surface area contributed by atoms with Gasteiger partial charge in [-0.1, -0.05) is 0 Å². The fourth-order valence-electron chi connectivity index (χ4n) is 3.00. The molecule has 3 rings (SSSR count). The summed E-state index contributed by atoms with van der Waals surface area (Å²) in [5.74, 6) is -0.423. The predicted octanol–water partition coefficient (Wildman–Crippen LogP) is 1.30. The number of amides is 1. The summed E-state index contributed by atoms with van der Waals surface area (Å²) in [6, 6.07) is 3.10. The monoisotopic (exact) mass is 265 g/mol. The van der Waals surface area contributed by atoms with E-state index >= 15 is 0 Å². The van der Waals surface area contributed by atoms with Crippen molar-refractivity contribution in [3.05, 3.63) is 29.1 Å². The Kier molecular flexibility index (Phi) is 2.82. The number of anilines is 1. The van der Waals surface area contributed by atoms with Crippen LogP contribution in [0.25, 0.3) is 0 Å². The number of carbonyl (C=O) groups is 1. The Hall–Kier alpha value is -1.82. The molecule has 6 heteroatoms. The Morgan fingerprint density at radius 3 is 2.89 bits per heavy atom. The van der Waals surface area contributed by atoms with Crippen LogP contribution in [0.1, 0.15) is 17.2 Å². The first kappa shape index (κ1) is 12.2. The number of hydrogen-bond acceptors (Lipinski definition) is 3. The van der Waals surface area contributed by atoms with Gasteiger partial charge in [-0.2, -0.15) is 0 Å². The number of benzene rings is 1. The van der Waals surface area contributed by atoms with Gasteiger partial charge >= 0.3 is 6.09 Å². The zero-order chi connectivity index (χ0) is 13.6. The summed E-state index contributed by atoms with van der Waals surface area (Å²) in [5, 5.41) is 9.09. The number of carboxylic acid groups (broad SMARTS) is 1. The van der Waals surface area contributed by atoms with Crippen molar-refractivity contribution in [2.45, 2.75) is 12.5 Å². The number of rotatable bonds is 0. The highest BCUT2D eigenvalue weighted by molar-refractivity contribution is 5.65. The highest BCUT2D eigenvalue weighted by atomic mass is 19.1. The highest BCUT2D eigenvalue weighted by Gasteiger charge is 2.34. The molecule has 1 aromatic carbocycles. The number of halogens is 1. The molecule has 0 aliphatic carbocycles. The lowest BCUT2D eigenvalue weighted by Gasteiger charge is -2.44. The van der Waals surface area contributed by atoms with Gasteiger partial charge in [-0.3, -0.25) is 4.90 Å². The molecule has 1 aromatic rings. The third-order valence-electron chi connectivity index (χ3n) is 4.05. The largest absolute Gasteiger partial charge is 0.465 e. The quantitative estimate of drug-likeness (QED) is 0.694. The van der Waals surface area contributed by atoms with Crippen molar-refractivity contribution in [1.82, 2.24) is 9.80 Å². The lowest BCUT2D eigenvalue weighted by molar-refractivity contribution is 0.0633. The van der Waals surface area contributed by atoms with Crippen molar-refractivity contribution in [2.24, 2.45) is 0 Å². The molecule has 1 atom stereocenters. The first-order valence-electron chi connectivity index (χ1n) is 6.36. The average Bonchev–Trinajstić information content (AvgIpc) is 2.39. The van der Waals surface area contributed by atoms with Gasteiger partial charge in [0.05, 0.1) is 11.7 Å². The summed E-state index contributed by atoms with van der Waals surface area (Å²) < 4.78 is 13.6. The smallest absolute Gasteiger partial charge is 0.407 e. The molecule has 1 saturated heterocycles. The molecule has 3 N–H and O–H groups in total. The molecule has 0 saturated carbocycles. The normalized spacial score (nSPS) is 22.8. The Bertz CT molecular complexity index is 535. The molecule has 0 aromatic heterocycles. The summed E-state index contributed by atoms with van der Waals surface area (Å²) in [5.41, 5.74) is 7.67. The van der Waals surface area contributed by atoms with Gasteiger partial charge in [0.1, 0.15) is 5.82 Å². The van der Waals surface area contributed by atoms with Crippen LogP contribution in [0.4, 0.5) is 14.9 Å². The fourth-order valence-corrected chi connectivity index (χ4v) is 3.00. The van der Waals surface area contributed by atoms with Gasteiger partial charge in [0.25, 0.3) is 0 Å². The maximum absolute atomic E-state index is 13.6.